The van der Waals surface area contributed by atoms with Crippen LogP contribution in [0.1, 0.15) is 37.0 Å². The minimum atomic E-state index is 0.123. The minimum absolute atomic E-state index is 0.123. The van der Waals surface area contributed by atoms with Crippen LogP contribution in [-0.2, 0) is 0 Å². The molecule has 0 saturated heterocycles. The molecule has 1 aliphatic rings. The maximum atomic E-state index is 11.6. The van der Waals surface area contributed by atoms with E-state index in [0.717, 1.165) is 18.5 Å². The lowest BCUT2D eigenvalue weighted by atomic mass is 10.1. The molecule has 0 bridgehead atoms. The predicted molar refractivity (Wildman–Crippen MR) is 88.9 cm³/mol. The molecule has 3 heteroatoms. The summed E-state index contributed by atoms with van der Waals surface area (Å²) in [5, 5.41) is 0. The van der Waals surface area contributed by atoms with Crippen molar-refractivity contribution in [3.8, 4) is 0 Å². The average molecular weight is 297 g/mol. The molecular weight excluding hydrogens is 278 g/mol. The van der Waals surface area contributed by atoms with E-state index in [-0.39, 0.29) is 5.78 Å². The Balaban J connectivity index is 2.07. The third kappa shape index (κ3) is 2.70. The van der Waals surface area contributed by atoms with E-state index in [1.54, 1.807) is 18.7 Å². The predicted octanol–water partition coefficient (Wildman–Crippen LogP) is 5.29. The fourth-order valence-corrected chi connectivity index (χ4v) is 3.74. The highest BCUT2D eigenvalue weighted by Gasteiger charge is 2.23. The first kappa shape index (κ1) is 14.2. The average Bonchev–Trinajstić information content (AvgIpc) is 2.50. The van der Waals surface area contributed by atoms with Gasteiger partial charge in [0.2, 0.25) is 0 Å². The molecule has 108 valence electrons. The van der Waals surface area contributed by atoms with Gasteiger partial charge in [0.05, 0.1) is 11.4 Å². The van der Waals surface area contributed by atoms with Gasteiger partial charge in [-0.25, -0.2) is 0 Å². The van der Waals surface area contributed by atoms with Gasteiger partial charge in [0.25, 0.3) is 0 Å². The van der Waals surface area contributed by atoms with Gasteiger partial charge in [0.1, 0.15) is 0 Å². The lowest BCUT2D eigenvalue weighted by Gasteiger charge is -2.33. The van der Waals surface area contributed by atoms with Gasteiger partial charge in [-0.3, -0.25) is 4.79 Å². The van der Waals surface area contributed by atoms with E-state index in [0.29, 0.717) is 0 Å². The normalized spacial score (nSPS) is 12.8. The Hall–Kier alpha value is -1.74. The van der Waals surface area contributed by atoms with Crippen LogP contribution < -0.4 is 4.90 Å². The number of hydrogen-bond donors (Lipinski definition) is 0. The molecule has 0 radical (unpaired) electrons. The fraction of sp³-hybridized carbons (Fsp3) is 0.278. The third-order valence-electron chi connectivity index (χ3n) is 3.77. The molecule has 0 spiro atoms. The molecule has 1 aliphatic heterocycles. The molecule has 0 fully saturated rings. The van der Waals surface area contributed by atoms with Crippen LogP contribution in [0.25, 0.3) is 0 Å². The number of rotatable bonds is 4. The number of carbonyl (C=O) groups excluding carboxylic acids is 1. The van der Waals surface area contributed by atoms with Gasteiger partial charge in [-0.05, 0) is 43.7 Å². The monoisotopic (exact) mass is 297 g/mol. The molecule has 0 amide bonds. The molecule has 0 aromatic heterocycles. The second-order valence-electron chi connectivity index (χ2n) is 5.31. The first-order chi connectivity index (χ1) is 10.2. The largest absolute Gasteiger partial charge is 0.340 e. The van der Waals surface area contributed by atoms with Crippen LogP contribution in [0.3, 0.4) is 0 Å². The zero-order valence-corrected chi connectivity index (χ0v) is 13.2. The third-order valence-corrected chi connectivity index (χ3v) is 4.88. The number of anilines is 2. The van der Waals surface area contributed by atoms with Crippen molar-refractivity contribution in [1.82, 2.24) is 0 Å². The van der Waals surface area contributed by atoms with Crippen LogP contribution in [0.2, 0.25) is 0 Å². The Morgan fingerprint density at radius 2 is 1.86 bits per heavy atom. The van der Waals surface area contributed by atoms with E-state index in [1.807, 2.05) is 12.1 Å². The lowest BCUT2D eigenvalue weighted by molar-refractivity contribution is 0.101. The maximum Gasteiger partial charge on any atom is 0.159 e. The van der Waals surface area contributed by atoms with E-state index >= 15 is 0 Å². The Kier molecular flexibility index (Phi) is 4.02. The molecule has 0 atom stereocenters. The summed E-state index contributed by atoms with van der Waals surface area (Å²) < 4.78 is 0. The summed E-state index contributed by atoms with van der Waals surface area (Å²) in [4.78, 5) is 16.4. The summed E-state index contributed by atoms with van der Waals surface area (Å²) >= 11 is 1.76. The van der Waals surface area contributed by atoms with Gasteiger partial charge in [-0.15, -0.1) is 0 Å². The number of carbonyl (C=O) groups is 1. The smallest absolute Gasteiger partial charge is 0.159 e. The van der Waals surface area contributed by atoms with Gasteiger partial charge < -0.3 is 4.90 Å². The molecule has 2 aromatic carbocycles. The Morgan fingerprint density at radius 3 is 2.62 bits per heavy atom. The topological polar surface area (TPSA) is 20.3 Å². The number of unbranched alkanes of at least 4 members (excludes halogenated alkanes) is 1. The number of fused-ring (bicyclic) bond motifs is 2. The van der Waals surface area contributed by atoms with Crippen molar-refractivity contribution in [1.29, 1.82) is 0 Å². The molecule has 3 rings (SSSR count). The number of nitrogens with zero attached hydrogens (tertiary/aromatic N) is 1. The molecule has 0 saturated carbocycles. The second kappa shape index (κ2) is 5.94. The number of hydrogen-bond acceptors (Lipinski definition) is 3. The quantitative estimate of drug-likeness (QED) is 0.715. The summed E-state index contributed by atoms with van der Waals surface area (Å²) in [5.41, 5.74) is 3.28. The fourth-order valence-electron chi connectivity index (χ4n) is 2.61. The standard InChI is InChI=1S/C18H19NOS/c1-3-4-11-19-15-7-5-6-8-17(15)21-18-12-14(13(2)20)9-10-16(18)19/h5-10,12H,3-4,11H2,1-2H3. The minimum Gasteiger partial charge on any atom is -0.340 e. The highest BCUT2D eigenvalue weighted by Crippen LogP contribution is 2.48. The van der Waals surface area contributed by atoms with Crippen LogP contribution in [0.5, 0.6) is 0 Å². The van der Waals surface area contributed by atoms with Gasteiger partial charge in [-0.1, -0.05) is 37.2 Å². The maximum absolute atomic E-state index is 11.6. The molecule has 1 heterocycles. The van der Waals surface area contributed by atoms with Crippen LogP contribution in [0.4, 0.5) is 11.4 Å². The van der Waals surface area contributed by atoms with Crippen molar-refractivity contribution in [3.63, 3.8) is 0 Å². The first-order valence-electron chi connectivity index (χ1n) is 7.40. The van der Waals surface area contributed by atoms with Crippen molar-refractivity contribution < 1.29 is 4.79 Å². The zero-order chi connectivity index (χ0) is 14.8. The Labute approximate surface area is 130 Å². The van der Waals surface area contributed by atoms with Crippen molar-refractivity contribution in [2.24, 2.45) is 0 Å². The van der Waals surface area contributed by atoms with Crippen LogP contribution >= 0.6 is 11.8 Å². The van der Waals surface area contributed by atoms with E-state index < -0.39 is 0 Å². The van der Waals surface area contributed by atoms with Crippen LogP contribution in [-0.4, -0.2) is 12.3 Å². The first-order valence-corrected chi connectivity index (χ1v) is 8.21. The number of Topliss-reactive ketones (excluding diaryl/α,β-unsaturated/α-hetero) is 1. The molecule has 0 aliphatic carbocycles. The van der Waals surface area contributed by atoms with Crippen LogP contribution in [0, 0.1) is 0 Å². The summed E-state index contributed by atoms with van der Waals surface area (Å²) in [6.07, 6.45) is 2.33. The number of ketones is 1. The summed E-state index contributed by atoms with van der Waals surface area (Å²) in [6.45, 7) is 4.85. The SMILES string of the molecule is CCCCN1c2ccccc2Sc2cc(C(C)=O)ccc21. The summed E-state index contributed by atoms with van der Waals surface area (Å²) in [5.74, 6) is 0.123. The zero-order valence-electron chi connectivity index (χ0n) is 12.4. The van der Waals surface area contributed by atoms with E-state index in [9.17, 15) is 4.79 Å². The van der Waals surface area contributed by atoms with E-state index in [1.165, 1.54) is 27.6 Å². The highest BCUT2D eigenvalue weighted by molar-refractivity contribution is 7.99. The van der Waals surface area contributed by atoms with E-state index in [4.69, 9.17) is 0 Å². The van der Waals surface area contributed by atoms with Gasteiger partial charge in [0, 0.05) is 21.9 Å². The van der Waals surface area contributed by atoms with Crippen molar-refractivity contribution in [2.45, 2.75) is 36.5 Å². The molecule has 2 aromatic rings. The van der Waals surface area contributed by atoms with Crippen molar-refractivity contribution >= 4 is 28.9 Å². The molecular formula is C18H19NOS. The van der Waals surface area contributed by atoms with Crippen molar-refractivity contribution in [3.05, 3.63) is 48.0 Å². The highest BCUT2D eigenvalue weighted by atomic mass is 32.2. The molecule has 0 N–H and O–H groups in total. The molecule has 2 nitrogen and oxygen atoms in total. The van der Waals surface area contributed by atoms with E-state index in [2.05, 4.69) is 42.2 Å². The molecule has 21 heavy (non-hydrogen) atoms. The second-order valence-corrected chi connectivity index (χ2v) is 6.40. The van der Waals surface area contributed by atoms with Crippen LogP contribution in [0.15, 0.2) is 52.3 Å². The summed E-state index contributed by atoms with van der Waals surface area (Å²) in [7, 11) is 0. The number of benzene rings is 2. The summed E-state index contributed by atoms with van der Waals surface area (Å²) in [6, 6.07) is 14.6. The Morgan fingerprint density at radius 1 is 1.10 bits per heavy atom. The van der Waals surface area contributed by atoms with Gasteiger partial charge >= 0.3 is 0 Å². The Bertz CT molecular complexity index is 681. The van der Waals surface area contributed by atoms with Gasteiger partial charge in [0.15, 0.2) is 5.78 Å². The van der Waals surface area contributed by atoms with Crippen molar-refractivity contribution in [2.75, 3.05) is 11.4 Å². The number of para-hydroxylation sites is 1. The molecule has 0 unspecified atom stereocenters. The van der Waals surface area contributed by atoms with Gasteiger partial charge in [-0.2, -0.15) is 0 Å². The lowest BCUT2D eigenvalue weighted by Crippen LogP contribution is -2.22.